The number of halogens is 1. The summed E-state index contributed by atoms with van der Waals surface area (Å²) in [5.41, 5.74) is 1.68. The molecule has 2 aromatic rings. The van der Waals surface area contributed by atoms with E-state index in [1.165, 1.54) is 0 Å². The smallest absolute Gasteiger partial charge is 0.341 e. The van der Waals surface area contributed by atoms with E-state index in [1.54, 1.807) is 17.7 Å². The van der Waals surface area contributed by atoms with E-state index in [0.29, 0.717) is 29.6 Å². The summed E-state index contributed by atoms with van der Waals surface area (Å²) < 4.78 is 1.74. The lowest BCUT2D eigenvalue weighted by Crippen LogP contribution is -2.16. The van der Waals surface area contributed by atoms with E-state index in [9.17, 15) is 9.90 Å². The number of aryl methyl sites for hydroxylation is 1. The van der Waals surface area contributed by atoms with Gasteiger partial charge in [0, 0.05) is 17.3 Å². The van der Waals surface area contributed by atoms with Crippen LogP contribution in [0.25, 0.3) is 0 Å². The Bertz CT molecular complexity index is 666. The summed E-state index contributed by atoms with van der Waals surface area (Å²) in [4.78, 5) is 13.3. The highest BCUT2D eigenvalue weighted by molar-refractivity contribution is 6.30. The fourth-order valence-corrected chi connectivity index (χ4v) is 2.63. The van der Waals surface area contributed by atoms with Crippen LogP contribution in [0.5, 0.6) is 0 Å². The number of hydrogen-bond acceptors (Lipinski definition) is 3. The molecule has 0 saturated carbocycles. The van der Waals surface area contributed by atoms with Gasteiger partial charge in [-0.1, -0.05) is 17.7 Å². The molecule has 0 amide bonds. The number of nitrogens with zero attached hydrogens (tertiary/aromatic N) is 3. The quantitative estimate of drug-likeness (QED) is 0.917. The normalized spacial score (nSPS) is 13.7. The van der Waals surface area contributed by atoms with Gasteiger partial charge in [0.2, 0.25) is 0 Å². The molecule has 2 heterocycles. The molecule has 1 N–H and O–H groups in total. The second-order valence-electron chi connectivity index (χ2n) is 4.44. The zero-order valence-electron chi connectivity index (χ0n) is 10.3. The van der Waals surface area contributed by atoms with Crippen LogP contribution >= 0.6 is 11.6 Å². The summed E-state index contributed by atoms with van der Waals surface area (Å²) in [6.07, 6.45) is 0. The van der Waals surface area contributed by atoms with E-state index >= 15 is 0 Å². The Morgan fingerprint density at radius 3 is 2.89 bits per heavy atom. The predicted molar refractivity (Wildman–Crippen MR) is 72.4 cm³/mol. The van der Waals surface area contributed by atoms with Gasteiger partial charge in [-0.25, -0.2) is 9.48 Å². The van der Waals surface area contributed by atoms with Crippen molar-refractivity contribution in [3.63, 3.8) is 0 Å². The first-order chi connectivity index (χ1) is 9.08. The van der Waals surface area contributed by atoms with E-state index in [-0.39, 0.29) is 5.56 Å². The van der Waals surface area contributed by atoms with Gasteiger partial charge in [-0.05, 0) is 25.1 Å². The molecule has 0 bridgehead atoms. The summed E-state index contributed by atoms with van der Waals surface area (Å²) in [6.45, 7) is 3.09. The lowest BCUT2D eigenvalue weighted by Gasteiger charge is -2.18. The number of hydrogen-bond donors (Lipinski definition) is 1. The largest absolute Gasteiger partial charge is 0.477 e. The maximum atomic E-state index is 11.4. The van der Waals surface area contributed by atoms with Gasteiger partial charge >= 0.3 is 5.97 Å². The van der Waals surface area contributed by atoms with Crippen LogP contribution in [-0.4, -0.2) is 27.4 Å². The fraction of sp³-hybridized carbons (Fsp3) is 0.231. The minimum atomic E-state index is -0.951. The second kappa shape index (κ2) is 4.28. The zero-order chi connectivity index (χ0) is 13.6. The molecule has 1 aromatic carbocycles. The Kier molecular flexibility index (Phi) is 2.71. The van der Waals surface area contributed by atoms with Crippen molar-refractivity contribution in [2.24, 2.45) is 0 Å². The molecule has 1 aliphatic heterocycles. The molecule has 0 radical (unpaired) electrons. The molecular weight excluding hydrogens is 266 g/mol. The number of aromatic carboxylic acids is 1. The molecule has 5 nitrogen and oxygen atoms in total. The van der Waals surface area contributed by atoms with Crippen LogP contribution in [-0.2, 0) is 6.54 Å². The molecule has 0 fully saturated rings. The Balaban J connectivity index is 2.13. The van der Waals surface area contributed by atoms with Gasteiger partial charge < -0.3 is 10.0 Å². The number of carboxylic acids is 1. The number of carbonyl (C=O) groups is 1. The van der Waals surface area contributed by atoms with Crippen LogP contribution in [0.15, 0.2) is 24.3 Å². The number of fused-ring (bicyclic) bond motifs is 1. The van der Waals surface area contributed by atoms with Gasteiger partial charge in [-0.2, -0.15) is 5.10 Å². The molecule has 3 rings (SSSR count). The van der Waals surface area contributed by atoms with Gasteiger partial charge in [-0.15, -0.1) is 0 Å². The highest BCUT2D eigenvalue weighted by atomic mass is 35.5. The lowest BCUT2D eigenvalue weighted by atomic mass is 10.2. The topological polar surface area (TPSA) is 58.4 Å². The molecule has 0 saturated heterocycles. The zero-order valence-corrected chi connectivity index (χ0v) is 11.1. The maximum absolute atomic E-state index is 11.4. The van der Waals surface area contributed by atoms with E-state index in [2.05, 4.69) is 5.10 Å². The first kappa shape index (κ1) is 12.0. The number of benzene rings is 1. The van der Waals surface area contributed by atoms with Gasteiger partial charge in [0.15, 0.2) is 0 Å². The van der Waals surface area contributed by atoms with Crippen molar-refractivity contribution in [3.8, 4) is 0 Å². The average molecular weight is 278 g/mol. The van der Waals surface area contributed by atoms with E-state index in [4.69, 9.17) is 11.6 Å². The number of carboxylic acid groups (broad SMARTS) is 1. The van der Waals surface area contributed by atoms with Crippen molar-refractivity contribution in [3.05, 3.63) is 40.5 Å². The molecule has 0 unspecified atom stereocenters. The highest BCUT2D eigenvalue weighted by Gasteiger charge is 2.30. The van der Waals surface area contributed by atoms with Crippen LogP contribution < -0.4 is 4.90 Å². The second-order valence-corrected chi connectivity index (χ2v) is 4.88. The minimum absolute atomic E-state index is 0.262. The number of rotatable bonds is 2. The summed E-state index contributed by atoms with van der Waals surface area (Å²) in [5.74, 6) is -0.319. The molecule has 1 aliphatic rings. The Morgan fingerprint density at radius 2 is 2.21 bits per heavy atom. The summed E-state index contributed by atoms with van der Waals surface area (Å²) >= 11 is 5.99. The molecule has 98 valence electrons. The van der Waals surface area contributed by atoms with Gasteiger partial charge in [0.1, 0.15) is 11.4 Å². The van der Waals surface area contributed by atoms with Crippen molar-refractivity contribution < 1.29 is 9.90 Å². The Hall–Kier alpha value is -2.01. The third-order valence-corrected chi connectivity index (χ3v) is 3.46. The third kappa shape index (κ3) is 1.86. The van der Waals surface area contributed by atoms with Crippen molar-refractivity contribution >= 4 is 29.1 Å². The average Bonchev–Trinajstić information content (AvgIpc) is 2.85. The molecule has 19 heavy (non-hydrogen) atoms. The first-order valence-corrected chi connectivity index (χ1v) is 6.29. The SMILES string of the molecule is Cc1nn2c(c1C(=O)O)N(c1cccc(Cl)c1)CC2. The van der Waals surface area contributed by atoms with Gasteiger partial charge in [0.05, 0.1) is 12.2 Å². The van der Waals surface area contributed by atoms with Crippen LogP contribution in [0.1, 0.15) is 16.1 Å². The molecule has 1 aromatic heterocycles. The van der Waals surface area contributed by atoms with E-state index in [0.717, 1.165) is 5.69 Å². The standard InChI is InChI=1S/C13H12ClN3O2/c1-8-11(13(18)19)12-16(5-6-17(12)15-8)10-4-2-3-9(14)7-10/h2-4,7H,5-6H2,1H3,(H,18,19). The van der Waals surface area contributed by atoms with E-state index < -0.39 is 5.97 Å². The molecule has 0 spiro atoms. The summed E-state index contributed by atoms with van der Waals surface area (Å²) in [7, 11) is 0. The van der Waals surface area contributed by atoms with Crippen molar-refractivity contribution in [2.75, 3.05) is 11.4 Å². The monoisotopic (exact) mass is 277 g/mol. The number of aromatic nitrogens is 2. The Morgan fingerprint density at radius 1 is 1.42 bits per heavy atom. The van der Waals surface area contributed by atoms with Gasteiger partial charge in [-0.3, -0.25) is 0 Å². The minimum Gasteiger partial charge on any atom is -0.477 e. The van der Waals surface area contributed by atoms with Crippen molar-refractivity contribution in [1.29, 1.82) is 0 Å². The summed E-state index contributed by atoms with van der Waals surface area (Å²) in [5, 5.41) is 14.2. The van der Waals surface area contributed by atoms with E-state index in [1.807, 2.05) is 23.1 Å². The van der Waals surface area contributed by atoms with Crippen LogP contribution in [0.2, 0.25) is 5.02 Å². The predicted octanol–water partition coefficient (Wildman–Crippen LogP) is 2.69. The number of anilines is 2. The third-order valence-electron chi connectivity index (χ3n) is 3.23. The van der Waals surface area contributed by atoms with Crippen LogP contribution in [0.4, 0.5) is 11.5 Å². The van der Waals surface area contributed by atoms with Gasteiger partial charge in [0.25, 0.3) is 0 Å². The summed E-state index contributed by atoms with van der Waals surface area (Å²) in [6, 6.07) is 7.38. The van der Waals surface area contributed by atoms with Crippen LogP contribution in [0.3, 0.4) is 0 Å². The Labute approximate surface area is 115 Å². The highest BCUT2D eigenvalue weighted by Crippen LogP contribution is 2.35. The first-order valence-electron chi connectivity index (χ1n) is 5.91. The molecule has 6 heteroatoms. The maximum Gasteiger partial charge on any atom is 0.341 e. The lowest BCUT2D eigenvalue weighted by molar-refractivity contribution is 0.0697. The molecular formula is C13H12ClN3O2. The molecule has 0 atom stereocenters. The van der Waals surface area contributed by atoms with Crippen LogP contribution in [0, 0.1) is 6.92 Å². The van der Waals surface area contributed by atoms with Crippen molar-refractivity contribution in [2.45, 2.75) is 13.5 Å². The molecule has 0 aliphatic carbocycles. The fourth-order valence-electron chi connectivity index (χ4n) is 2.45. The van der Waals surface area contributed by atoms with Crippen molar-refractivity contribution in [1.82, 2.24) is 9.78 Å².